The zero-order valence-corrected chi connectivity index (χ0v) is 11.6. The third-order valence-corrected chi connectivity index (χ3v) is 2.70. The van der Waals surface area contributed by atoms with Crippen molar-refractivity contribution < 1.29 is 9.59 Å². The minimum absolute atomic E-state index is 0.163. The van der Waals surface area contributed by atoms with E-state index < -0.39 is 0 Å². The van der Waals surface area contributed by atoms with Gasteiger partial charge in [-0.2, -0.15) is 0 Å². The molecule has 0 saturated heterocycles. The number of benzene rings is 1. The standard InChI is InChI=1S/C15H20N2O2/c1-4-17(5-2)15(19)14(16-12(3)18)11-13-9-7-6-8-10-13/h6-11H,4-5H2,1-3H3,(H,16,18)/b14-11+. The third kappa shape index (κ3) is 4.58. The number of rotatable bonds is 5. The Morgan fingerprint density at radius 3 is 2.21 bits per heavy atom. The van der Waals surface area contributed by atoms with Gasteiger partial charge in [0.2, 0.25) is 5.91 Å². The van der Waals surface area contributed by atoms with Crippen LogP contribution in [-0.2, 0) is 9.59 Å². The second kappa shape index (κ2) is 7.36. The molecule has 0 atom stereocenters. The number of likely N-dealkylation sites (N-methyl/N-ethyl adjacent to an activating group) is 1. The lowest BCUT2D eigenvalue weighted by atomic mass is 10.2. The molecule has 0 radical (unpaired) electrons. The molecule has 1 aromatic rings. The van der Waals surface area contributed by atoms with Crippen LogP contribution in [0, 0.1) is 0 Å². The first-order valence-electron chi connectivity index (χ1n) is 6.42. The number of nitrogens with zero attached hydrogens (tertiary/aromatic N) is 1. The molecule has 0 fully saturated rings. The van der Waals surface area contributed by atoms with Crippen LogP contribution >= 0.6 is 0 Å². The summed E-state index contributed by atoms with van der Waals surface area (Å²) in [6.07, 6.45) is 1.70. The summed E-state index contributed by atoms with van der Waals surface area (Å²) in [4.78, 5) is 25.2. The smallest absolute Gasteiger partial charge is 0.270 e. The van der Waals surface area contributed by atoms with Crippen molar-refractivity contribution in [2.75, 3.05) is 13.1 Å². The molecule has 1 rings (SSSR count). The lowest BCUT2D eigenvalue weighted by molar-refractivity contribution is -0.129. The Kier molecular flexibility index (Phi) is 5.79. The second-order valence-corrected chi connectivity index (χ2v) is 4.13. The van der Waals surface area contributed by atoms with Gasteiger partial charge >= 0.3 is 0 Å². The zero-order chi connectivity index (χ0) is 14.3. The fourth-order valence-corrected chi connectivity index (χ4v) is 1.74. The molecule has 19 heavy (non-hydrogen) atoms. The van der Waals surface area contributed by atoms with Gasteiger partial charge in [0.15, 0.2) is 0 Å². The molecule has 2 amide bonds. The van der Waals surface area contributed by atoms with E-state index in [-0.39, 0.29) is 11.8 Å². The van der Waals surface area contributed by atoms with Gasteiger partial charge in [-0.3, -0.25) is 9.59 Å². The van der Waals surface area contributed by atoms with E-state index in [1.807, 2.05) is 44.2 Å². The Morgan fingerprint density at radius 2 is 1.74 bits per heavy atom. The average molecular weight is 260 g/mol. The highest BCUT2D eigenvalue weighted by Crippen LogP contribution is 2.07. The van der Waals surface area contributed by atoms with Crippen LogP contribution in [0.15, 0.2) is 36.0 Å². The molecule has 4 heteroatoms. The van der Waals surface area contributed by atoms with Crippen molar-refractivity contribution in [3.05, 3.63) is 41.6 Å². The minimum atomic E-state index is -0.248. The van der Waals surface area contributed by atoms with Crippen LogP contribution in [0.1, 0.15) is 26.3 Å². The summed E-state index contributed by atoms with van der Waals surface area (Å²) in [7, 11) is 0. The van der Waals surface area contributed by atoms with Gasteiger partial charge in [0.05, 0.1) is 0 Å². The molecule has 0 bridgehead atoms. The summed E-state index contributed by atoms with van der Waals surface area (Å²) in [5, 5.41) is 2.61. The van der Waals surface area contributed by atoms with Crippen LogP contribution in [-0.4, -0.2) is 29.8 Å². The van der Waals surface area contributed by atoms with E-state index in [0.717, 1.165) is 5.56 Å². The van der Waals surface area contributed by atoms with Crippen molar-refractivity contribution in [3.8, 4) is 0 Å². The third-order valence-electron chi connectivity index (χ3n) is 2.70. The summed E-state index contributed by atoms with van der Waals surface area (Å²) in [6, 6.07) is 9.45. The summed E-state index contributed by atoms with van der Waals surface area (Å²) in [6.45, 7) is 6.45. The first kappa shape index (κ1) is 15.0. The van der Waals surface area contributed by atoms with Crippen LogP contribution in [0.2, 0.25) is 0 Å². The van der Waals surface area contributed by atoms with Gasteiger partial charge < -0.3 is 10.2 Å². The molecule has 0 aliphatic heterocycles. The van der Waals surface area contributed by atoms with Gasteiger partial charge in [-0.25, -0.2) is 0 Å². The van der Waals surface area contributed by atoms with E-state index in [1.165, 1.54) is 6.92 Å². The molecular formula is C15H20N2O2. The van der Waals surface area contributed by atoms with Crippen molar-refractivity contribution in [2.24, 2.45) is 0 Å². The number of hydrogen-bond donors (Lipinski definition) is 1. The van der Waals surface area contributed by atoms with E-state index in [9.17, 15) is 9.59 Å². The van der Waals surface area contributed by atoms with Gasteiger partial charge in [-0.15, -0.1) is 0 Å². The Balaban J connectivity index is 3.04. The lowest BCUT2D eigenvalue weighted by Gasteiger charge is -2.20. The predicted molar refractivity (Wildman–Crippen MR) is 76.2 cm³/mol. The summed E-state index contributed by atoms with van der Waals surface area (Å²) in [5.41, 5.74) is 1.19. The van der Waals surface area contributed by atoms with Gasteiger partial charge in [0.1, 0.15) is 5.70 Å². The highest BCUT2D eigenvalue weighted by Gasteiger charge is 2.16. The maximum absolute atomic E-state index is 12.3. The molecule has 0 heterocycles. The molecule has 0 aliphatic carbocycles. The quantitative estimate of drug-likeness (QED) is 0.824. The molecule has 1 N–H and O–H groups in total. The normalized spacial score (nSPS) is 11.0. The van der Waals surface area contributed by atoms with Crippen molar-refractivity contribution in [2.45, 2.75) is 20.8 Å². The largest absolute Gasteiger partial charge is 0.338 e. The Labute approximate surface area is 114 Å². The molecule has 0 saturated carbocycles. The van der Waals surface area contributed by atoms with Gasteiger partial charge in [-0.1, -0.05) is 30.3 Å². The number of carbonyl (C=O) groups is 2. The van der Waals surface area contributed by atoms with Crippen molar-refractivity contribution in [1.29, 1.82) is 0 Å². The molecule has 1 aromatic carbocycles. The molecule has 0 aliphatic rings. The molecule has 0 unspecified atom stereocenters. The van der Waals surface area contributed by atoms with Crippen molar-refractivity contribution in [1.82, 2.24) is 10.2 Å². The van der Waals surface area contributed by atoms with E-state index >= 15 is 0 Å². The number of carbonyl (C=O) groups excluding carboxylic acids is 2. The SMILES string of the molecule is CCN(CC)C(=O)/C(=C\c1ccccc1)NC(C)=O. The molecular weight excluding hydrogens is 240 g/mol. The average Bonchev–Trinajstić information content (AvgIpc) is 2.40. The molecule has 4 nitrogen and oxygen atoms in total. The van der Waals surface area contributed by atoms with Crippen LogP contribution in [0.4, 0.5) is 0 Å². The van der Waals surface area contributed by atoms with Crippen molar-refractivity contribution in [3.63, 3.8) is 0 Å². The fraction of sp³-hybridized carbons (Fsp3) is 0.333. The maximum Gasteiger partial charge on any atom is 0.270 e. The lowest BCUT2D eigenvalue weighted by Crippen LogP contribution is -2.37. The van der Waals surface area contributed by atoms with E-state index in [0.29, 0.717) is 18.8 Å². The molecule has 0 spiro atoms. The monoisotopic (exact) mass is 260 g/mol. The zero-order valence-electron chi connectivity index (χ0n) is 11.6. The summed E-state index contributed by atoms with van der Waals surface area (Å²) in [5.74, 6) is -0.410. The Bertz CT molecular complexity index is 462. The van der Waals surface area contributed by atoms with Crippen LogP contribution in [0.25, 0.3) is 6.08 Å². The van der Waals surface area contributed by atoms with Crippen LogP contribution in [0.3, 0.4) is 0 Å². The van der Waals surface area contributed by atoms with E-state index in [2.05, 4.69) is 5.32 Å². The number of hydrogen-bond acceptors (Lipinski definition) is 2. The maximum atomic E-state index is 12.3. The summed E-state index contributed by atoms with van der Waals surface area (Å²) < 4.78 is 0. The van der Waals surface area contributed by atoms with Crippen LogP contribution in [0.5, 0.6) is 0 Å². The predicted octanol–water partition coefficient (Wildman–Crippen LogP) is 2.03. The number of amides is 2. The number of nitrogens with one attached hydrogen (secondary N) is 1. The van der Waals surface area contributed by atoms with Crippen LogP contribution < -0.4 is 5.32 Å². The topological polar surface area (TPSA) is 49.4 Å². The minimum Gasteiger partial charge on any atom is -0.338 e. The van der Waals surface area contributed by atoms with E-state index in [1.54, 1.807) is 11.0 Å². The first-order valence-corrected chi connectivity index (χ1v) is 6.42. The summed E-state index contributed by atoms with van der Waals surface area (Å²) >= 11 is 0. The van der Waals surface area contributed by atoms with Crippen molar-refractivity contribution >= 4 is 17.9 Å². The highest BCUT2D eigenvalue weighted by atomic mass is 16.2. The molecule has 102 valence electrons. The highest BCUT2D eigenvalue weighted by molar-refractivity contribution is 6.00. The van der Waals surface area contributed by atoms with Gasteiger partial charge in [-0.05, 0) is 25.5 Å². The fourth-order valence-electron chi connectivity index (χ4n) is 1.74. The Morgan fingerprint density at radius 1 is 1.16 bits per heavy atom. The first-order chi connectivity index (χ1) is 9.08. The molecule has 0 aromatic heterocycles. The van der Waals surface area contributed by atoms with Gasteiger partial charge in [0, 0.05) is 20.0 Å². The Hall–Kier alpha value is -2.10. The second-order valence-electron chi connectivity index (χ2n) is 4.13. The van der Waals surface area contributed by atoms with E-state index in [4.69, 9.17) is 0 Å². The van der Waals surface area contributed by atoms with Gasteiger partial charge in [0.25, 0.3) is 5.91 Å².